The summed E-state index contributed by atoms with van der Waals surface area (Å²) in [5.74, 6) is 3.26. The van der Waals surface area contributed by atoms with Gasteiger partial charge in [-0.1, -0.05) is 26.7 Å². The molecule has 0 aromatic heterocycles. The van der Waals surface area contributed by atoms with Crippen LogP contribution in [0.25, 0.3) is 0 Å². The van der Waals surface area contributed by atoms with Crippen LogP contribution in [-0.2, 0) is 0 Å². The first-order valence-corrected chi connectivity index (χ1v) is 7.10. The van der Waals surface area contributed by atoms with Crippen LogP contribution in [0.4, 0.5) is 0 Å². The Morgan fingerprint density at radius 3 is 2.38 bits per heavy atom. The Labute approximate surface area is 101 Å². The van der Waals surface area contributed by atoms with Gasteiger partial charge < -0.3 is 10.2 Å². The first kappa shape index (κ1) is 12.4. The molecule has 0 aromatic rings. The lowest BCUT2D eigenvalue weighted by atomic mass is 10.0. The van der Waals surface area contributed by atoms with Crippen LogP contribution in [0, 0.1) is 17.8 Å². The molecular formula is C14H28N2. The minimum absolute atomic E-state index is 0.622. The fourth-order valence-electron chi connectivity index (χ4n) is 3.41. The monoisotopic (exact) mass is 224 g/mol. The molecule has 2 nitrogen and oxygen atoms in total. The van der Waals surface area contributed by atoms with E-state index < -0.39 is 0 Å². The molecule has 16 heavy (non-hydrogen) atoms. The fourth-order valence-corrected chi connectivity index (χ4v) is 3.41. The van der Waals surface area contributed by atoms with Gasteiger partial charge in [-0.15, -0.1) is 0 Å². The van der Waals surface area contributed by atoms with Crippen molar-refractivity contribution in [3.8, 4) is 0 Å². The summed E-state index contributed by atoms with van der Waals surface area (Å²) in [6.45, 7) is 8.12. The van der Waals surface area contributed by atoms with Gasteiger partial charge in [-0.25, -0.2) is 0 Å². The predicted octanol–water partition coefficient (Wildman–Crippen LogP) is 2.35. The topological polar surface area (TPSA) is 15.3 Å². The van der Waals surface area contributed by atoms with E-state index in [1.54, 1.807) is 0 Å². The minimum atomic E-state index is 0.622. The molecule has 2 saturated carbocycles. The van der Waals surface area contributed by atoms with Gasteiger partial charge in [0.15, 0.2) is 0 Å². The van der Waals surface area contributed by atoms with Gasteiger partial charge in [-0.05, 0) is 37.6 Å². The molecule has 0 bridgehead atoms. The molecule has 0 aliphatic heterocycles. The molecule has 0 heterocycles. The maximum Gasteiger partial charge on any atom is 0.0104 e. The number of fused-ring (bicyclic) bond motifs is 1. The van der Waals surface area contributed by atoms with Gasteiger partial charge in [-0.2, -0.15) is 0 Å². The van der Waals surface area contributed by atoms with Crippen LogP contribution in [-0.4, -0.2) is 37.6 Å². The first-order chi connectivity index (χ1) is 7.68. The molecule has 2 aliphatic carbocycles. The van der Waals surface area contributed by atoms with Gasteiger partial charge in [0.2, 0.25) is 0 Å². The molecule has 2 heteroatoms. The van der Waals surface area contributed by atoms with Crippen LogP contribution in [0.1, 0.15) is 39.5 Å². The van der Waals surface area contributed by atoms with Gasteiger partial charge in [0.05, 0.1) is 0 Å². The fraction of sp³-hybridized carbons (Fsp3) is 1.00. The number of likely N-dealkylation sites (N-methyl/N-ethyl adjacent to an activating group) is 1. The molecule has 94 valence electrons. The summed E-state index contributed by atoms with van der Waals surface area (Å²) >= 11 is 0. The summed E-state index contributed by atoms with van der Waals surface area (Å²) in [7, 11) is 2.28. The lowest BCUT2D eigenvalue weighted by Crippen LogP contribution is -2.34. The number of rotatable bonds is 6. The Morgan fingerprint density at radius 1 is 1.19 bits per heavy atom. The summed E-state index contributed by atoms with van der Waals surface area (Å²) < 4.78 is 0. The third-order valence-electron chi connectivity index (χ3n) is 4.40. The van der Waals surface area contributed by atoms with E-state index in [-0.39, 0.29) is 0 Å². The molecule has 0 spiro atoms. The van der Waals surface area contributed by atoms with Crippen LogP contribution >= 0.6 is 0 Å². The maximum atomic E-state index is 3.49. The van der Waals surface area contributed by atoms with Crippen molar-refractivity contribution < 1.29 is 0 Å². The van der Waals surface area contributed by atoms with Crippen molar-refractivity contribution in [2.45, 2.75) is 45.6 Å². The quantitative estimate of drug-likeness (QED) is 0.745. The van der Waals surface area contributed by atoms with Crippen LogP contribution in [0.3, 0.4) is 0 Å². The molecule has 0 amide bonds. The van der Waals surface area contributed by atoms with E-state index in [9.17, 15) is 0 Å². The Morgan fingerprint density at radius 2 is 1.81 bits per heavy atom. The Hall–Kier alpha value is -0.0800. The SMILES string of the molecule is CC(C)NCCN(C)CC1C2CCCCC21. The Balaban J connectivity index is 1.59. The van der Waals surface area contributed by atoms with Crippen LogP contribution in [0.15, 0.2) is 0 Å². The lowest BCUT2D eigenvalue weighted by molar-refractivity contribution is 0.304. The third kappa shape index (κ3) is 3.21. The molecule has 2 aliphatic rings. The zero-order chi connectivity index (χ0) is 11.5. The highest BCUT2D eigenvalue weighted by atomic mass is 15.1. The number of hydrogen-bond donors (Lipinski definition) is 1. The predicted molar refractivity (Wildman–Crippen MR) is 69.6 cm³/mol. The van der Waals surface area contributed by atoms with Gasteiger partial charge in [-0.3, -0.25) is 0 Å². The Bertz CT molecular complexity index is 203. The summed E-state index contributed by atoms with van der Waals surface area (Å²) in [5.41, 5.74) is 0. The molecule has 2 fully saturated rings. The van der Waals surface area contributed by atoms with Gasteiger partial charge >= 0.3 is 0 Å². The molecule has 0 saturated heterocycles. The number of hydrogen-bond acceptors (Lipinski definition) is 2. The van der Waals surface area contributed by atoms with E-state index in [4.69, 9.17) is 0 Å². The normalized spacial score (nSPS) is 33.2. The minimum Gasteiger partial charge on any atom is -0.313 e. The van der Waals surface area contributed by atoms with E-state index in [1.807, 2.05) is 0 Å². The van der Waals surface area contributed by atoms with Gasteiger partial charge in [0.1, 0.15) is 0 Å². The average Bonchev–Trinajstić information content (AvgIpc) is 2.92. The molecule has 1 N–H and O–H groups in total. The van der Waals surface area contributed by atoms with Gasteiger partial charge in [0.25, 0.3) is 0 Å². The molecule has 2 unspecified atom stereocenters. The average molecular weight is 224 g/mol. The van der Waals surface area contributed by atoms with Crippen molar-refractivity contribution in [1.82, 2.24) is 10.2 Å². The number of nitrogens with one attached hydrogen (secondary N) is 1. The van der Waals surface area contributed by atoms with Crippen LogP contribution in [0.5, 0.6) is 0 Å². The standard InChI is InChI=1S/C14H28N2/c1-11(2)15-8-9-16(3)10-14-12-6-4-5-7-13(12)14/h11-15H,4-10H2,1-3H3. The van der Waals surface area contributed by atoms with Gasteiger partial charge in [0, 0.05) is 25.7 Å². The molecule has 0 radical (unpaired) electrons. The second-order valence-corrected chi connectivity index (χ2v) is 6.15. The zero-order valence-electron chi connectivity index (χ0n) is 11.2. The zero-order valence-corrected chi connectivity index (χ0v) is 11.2. The largest absolute Gasteiger partial charge is 0.313 e. The first-order valence-electron chi connectivity index (χ1n) is 7.10. The van der Waals surface area contributed by atoms with Crippen molar-refractivity contribution in [3.05, 3.63) is 0 Å². The summed E-state index contributed by atoms with van der Waals surface area (Å²) in [4.78, 5) is 2.53. The van der Waals surface area contributed by atoms with E-state index in [2.05, 4.69) is 31.1 Å². The van der Waals surface area contributed by atoms with Crippen molar-refractivity contribution >= 4 is 0 Å². The van der Waals surface area contributed by atoms with Crippen molar-refractivity contribution in [3.63, 3.8) is 0 Å². The van der Waals surface area contributed by atoms with Crippen molar-refractivity contribution in [2.75, 3.05) is 26.7 Å². The summed E-state index contributed by atoms with van der Waals surface area (Å²) in [6, 6.07) is 0.622. The van der Waals surface area contributed by atoms with E-state index in [1.165, 1.54) is 38.8 Å². The van der Waals surface area contributed by atoms with Crippen molar-refractivity contribution in [2.24, 2.45) is 17.8 Å². The lowest BCUT2D eigenvalue weighted by Gasteiger charge is -2.18. The third-order valence-corrected chi connectivity index (χ3v) is 4.40. The highest BCUT2D eigenvalue weighted by molar-refractivity contribution is 5.00. The molecular weight excluding hydrogens is 196 g/mol. The Kier molecular flexibility index (Phi) is 4.26. The summed E-state index contributed by atoms with van der Waals surface area (Å²) in [5, 5.41) is 3.49. The maximum absolute atomic E-state index is 3.49. The van der Waals surface area contributed by atoms with E-state index >= 15 is 0 Å². The smallest absolute Gasteiger partial charge is 0.0104 e. The van der Waals surface area contributed by atoms with E-state index in [0.29, 0.717) is 6.04 Å². The molecule has 2 rings (SSSR count). The van der Waals surface area contributed by atoms with Crippen molar-refractivity contribution in [1.29, 1.82) is 0 Å². The highest BCUT2D eigenvalue weighted by Crippen LogP contribution is 2.55. The number of nitrogens with zero attached hydrogens (tertiary/aromatic N) is 1. The van der Waals surface area contributed by atoms with E-state index in [0.717, 1.165) is 24.3 Å². The molecule has 2 atom stereocenters. The summed E-state index contributed by atoms with van der Waals surface area (Å²) in [6.07, 6.45) is 6.04. The molecule has 0 aromatic carbocycles. The van der Waals surface area contributed by atoms with Crippen LogP contribution < -0.4 is 5.32 Å². The van der Waals surface area contributed by atoms with Crippen LogP contribution in [0.2, 0.25) is 0 Å². The second-order valence-electron chi connectivity index (χ2n) is 6.15. The highest BCUT2D eigenvalue weighted by Gasteiger charge is 2.50. The second kappa shape index (κ2) is 5.50.